The van der Waals surface area contributed by atoms with Crippen molar-refractivity contribution in [1.29, 1.82) is 0 Å². The summed E-state index contributed by atoms with van der Waals surface area (Å²) >= 11 is 0.0520. The van der Waals surface area contributed by atoms with E-state index in [0.717, 1.165) is 68.6 Å². The summed E-state index contributed by atoms with van der Waals surface area (Å²) in [4.78, 5) is 30.9. The molecule has 0 amide bonds. The molecule has 6 rings (SSSR count). The van der Waals surface area contributed by atoms with Crippen molar-refractivity contribution in [3.8, 4) is 30.0 Å². The number of unbranched alkanes of at least 4 members (excludes halogenated alkanes) is 34. The van der Waals surface area contributed by atoms with Crippen molar-refractivity contribution >= 4 is 50.8 Å². The molecule has 0 N–H and O–H groups in total. The number of hydrogen-bond acceptors (Lipinski definition) is 2. The predicted molar refractivity (Wildman–Crippen MR) is 392 cm³/mol. The first kappa shape index (κ1) is 73.9. The fourth-order valence-corrected chi connectivity index (χ4v) is 18.2. The van der Waals surface area contributed by atoms with Gasteiger partial charge in [0, 0.05) is 0 Å². The maximum absolute atomic E-state index is 15.6. The maximum atomic E-state index is 15.6. The van der Waals surface area contributed by atoms with Crippen molar-refractivity contribution in [2.24, 2.45) is 11.8 Å². The Labute approximate surface area is 551 Å². The van der Waals surface area contributed by atoms with Crippen molar-refractivity contribution in [1.82, 2.24) is 9.13 Å². The first-order valence-electron chi connectivity index (χ1n) is 37.7. The van der Waals surface area contributed by atoms with E-state index in [1.165, 1.54) is 300 Å². The summed E-state index contributed by atoms with van der Waals surface area (Å²) in [6.07, 6.45) is 62.0. The van der Waals surface area contributed by atoms with E-state index in [1.54, 1.807) is 0 Å². The Morgan fingerprint density at radius 3 is 1.01 bits per heavy atom. The van der Waals surface area contributed by atoms with Gasteiger partial charge in [-0.1, -0.05) is 207 Å². The normalized spacial score (nSPS) is 12.6. The van der Waals surface area contributed by atoms with Crippen LogP contribution in [0.3, 0.4) is 0 Å². The van der Waals surface area contributed by atoms with Gasteiger partial charge in [-0.05, 0) is 0 Å². The summed E-state index contributed by atoms with van der Waals surface area (Å²) in [5.41, 5.74) is 6.31. The van der Waals surface area contributed by atoms with Gasteiger partial charge in [-0.25, -0.2) is 0 Å². The molecule has 0 bridgehead atoms. The first-order chi connectivity index (χ1) is 43.2. The molecule has 4 aromatic heterocycles. The van der Waals surface area contributed by atoms with E-state index in [1.807, 2.05) is 0 Å². The number of aryl methyl sites for hydroxylation is 4. The predicted octanol–water partition coefficient (Wildman–Crippen LogP) is 25.3. The van der Waals surface area contributed by atoms with Crippen LogP contribution >= 0.6 is 0 Å². The molecular formula is C82H128N2O2Se2. The van der Waals surface area contributed by atoms with Crippen LogP contribution in [0.2, 0.25) is 0 Å². The second kappa shape index (κ2) is 45.2. The zero-order valence-corrected chi connectivity index (χ0v) is 61.0. The second-order valence-corrected chi connectivity index (χ2v) is 32.6. The molecule has 6 aromatic rings. The van der Waals surface area contributed by atoms with Gasteiger partial charge in [0.05, 0.1) is 0 Å². The van der Waals surface area contributed by atoms with Crippen LogP contribution in [-0.4, -0.2) is 38.1 Å². The van der Waals surface area contributed by atoms with E-state index in [9.17, 15) is 0 Å². The van der Waals surface area contributed by atoms with Gasteiger partial charge in [-0.3, -0.25) is 0 Å². The summed E-state index contributed by atoms with van der Waals surface area (Å²) in [6, 6.07) is 26.9. The molecule has 0 saturated heterocycles. The molecule has 0 spiro atoms. The summed E-state index contributed by atoms with van der Waals surface area (Å²) in [5, 5.41) is 2.52. The fourth-order valence-electron chi connectivity index (χ4n) is 14.3. The van der Waals surface area contributed by atoms with Gasteiger partial charge >= 0.3 is 348 Å². The summed E-state index contributed by atoms with van der Waals surface area (Å²) in [7, 11) is 0. The van der Waals surface area contributed by atoms with Crippen LogP contribution in [0.4, 0.5) is 0 Å². The molecule has 4 nitrogen and oxygen atoms in total. The third kappa shape index (κ3) is 27.2. The Bertz CT molecular complexity index is 2900. The minimum Gasteiger partial charge on any atom is -0.0654 e. The van der Waals surface area contributed by atoms with Crippen molar-refractivity contribution in [2.45, 2.75) is 350 Å². The van der Waals surface area contributed by atoms with E-state index < -0.39 is 0 Å². The fraction of sp³-hybridized carbons (Fsp3) is 0.683. The van der Waals surface area contributed by atoms with E-state index in [2.05, 4.69) is 123 Å². The second-order valence-electron chi connectivity index (χ2n) is 27.6. The van der Waals surface area contributed by atoms with Crippen molar-refractivity contribution in [3.63, 3.8) is 0 Å². The number of aromatic nitrogens is 2. The molecule has 2 unspecified atom stereocenters. The Hall–Kier alpha value is -3.14. The van der Waals surface area contributed by atoms with Crippen molar-refractivity contribution in [2.75, 3.05) is 0 Å². The molecule has 0 aliphatic carbocycles. The number of pyridine rings is 2. The molecule has 490 valence electrons. The summed E-state index contributed by atoms with van der Waals surface area (Å²) in [5.74, 6) is 1.54. The van der Waals surface area contributed by atoms with Crippen LogP contribution < -0.4 is 11.1 Å². The molecule has 0 aliphatic rings. The quantitative estimate of drug-likeness (QED) is 0.0282. The molecule has 0 saturated carbocycles. The number of hydrogen-bond donors (Lipinski definition) is 0. The van der Waals surface area contributed by atoms with Gasteiger partial charge in [0.25, 0.3) is 0 Å². The Morgan fingerprint density at radius 1 is 0.318 bits per heavy atom. The van der Waals surface area contributed by atoms with E-state index >= 15 is 9.59 Å². The van der Waals surface area contributed by atoms with Gasteiger partial charge in [-0.2, -0.15) is 0 Å². The third-order valence-corrected chi connectivity index (χ3v) is 24.5. The van der Waals surface area contributed by atoms with Crippen LogP contribution in [0, 0.1) is 25.7 Å². The molecule has 0 radical (unpaired) electrons. The third-order valence-electron chi connectivity index (χ3n) is 19.9. The minimum atomic E-state index is -0.0514. The summed E-state index contributed by atoms with van der Waals surface area (Å²) in [6.45, 7) is 15.0. The van der Waals surface area contributed by atoms with Crippen LogP contribution in [0.5, 0.6) is 0 Å². The number of rotatable bonds is 53. The molecule has 0 aliphatic heterocycles. The van der Waals surface area contributed by atoms with Crippen molar-refractivity contribution in [3.05, 3.63) is 104 Å². The van der Waals surface area contributed by atoms with Gasteiger partial charge in [0.1, 0.15) is 0 Å². The molecule has 2 aromatic carbocycles. The molecular weight excluding hydrogens is 1200 g/mol. The summed E-state index contributed by atoms with van der Waals surface area (Å²) < 4.78 is 9.26. The van der Waals surface area contributed by atoms with Gasteiger partial charge in [-0.15, -0.1) is 0 Å². The topological polar surface area (TPSA) is 44.0 Å². The van der Waals surface area contributed by atoms with Crippen LogP contribution in [-0.2, 0) is 13.1 Å². The van der Waals surface area contributed by atoms with Gasteiger partial charge < -0.3 is 0 Å². The number of nitrogens with zero attached hydrogens (tertiary/aromatic N) is 2. The Kier molecular flexibility index (Phi) is 38.0. The average molecular weight is 1330 g/mol. The van der Waals surface area contributed by atoms with Gasteiger partial charge in [0.2, 0.25) is 0 Å². The van der Waals surface area contributed by atoms with Crippen LogP contribution in [0.15, 0.2) is 82.4 Å². The Morgan fingerprint density at radius 2 is 0.636 bits per heavy atom. The van der Waals surface area contributed by atoms with Gasteiger partial charge in [0.15, 0.2) is 0 Å². The van der Waals surface area contributed by atoms with E-state index in [4.69, 9.17) is 0 Å². The average Bonchev–Trinajstić information content (AvgIpc) is 1.17. The standard InChI is InChI=1S/C82H128N2O2Se2/c1-7-11-15-19-23-27-29-33-37-41-49-69(47-39-35-31-25-21-17-13-9-3)51-43-45-61-83-77-66-75(80-60-59-78(88-80)73-57-56-71-63-67(5)53-55-72(71)64-73)82(86)84(76(77)65-74(81(83)85)79-58-54-68(6)87-79)62-46-44-52-70(48-40-36-32-26-22-18-14-10-4)50-42-38-34-30-28-24-20-16-12-8-2/h53-60,63-66,69-70H,7-52,61-62H2,1-6H3. The molecule has 0 fully saturated rings. The monoisotopic (exact) mass is 1330 g/mol. The zero-order valence-electron chi connectivity index (χ0n) is 57.6. The van der Waals surface area contributed by atoms with Crippen LogP contribution in [0.1, 0.15) is 333 Å². The number of fused-ring (bicyclic) bond motifs is 2. The Balaban J connectivity index is 1.24. The number of benzene rings is 2. The first-order valence-corrected chi connectivity index (χ1v) is 41.2. The van der Waals surface area contributed by atoms with Crippen LogP contribution in [0.25, 0.3) is 51.8 Å². The molecule has 88 heavy (non-hydrogen) atoms. The molecule has 4 heterocycles. The smallest absolute Gasteiger partial charge is 0.0654 e. The van der Waals surface area contributed by atoms with Crippen molar-refractivity contribution < 1.29 is 0 Å². The molecule has 2 atom stereocenters. The zero-order chi connectivity index (χ0) is 62.2. The SMILES string of the molecule is CCCCCCCCCCCCC(CCCCCCCCCC)CCCCn1c(=O)c(-c2ccc(C)[se]2)cc2c1cc(-c1ccc(-c3ccc4cc(C)ccc4c3)[se]1)c(=O)n2CCCCC(CCCCCCCCCC)CCCCCCCCCCCC. The minimum absolute atomic E-state index is 0.0514. The molecule has 6 heteroatoms. The van der Waals surface area contributed by atoms with E-state index in [0.29, 0.717) is 13.1 Å². The van der Waals surface area contributed by atoms with E-state index in [-0.39, 0.29) is 40.1 Å².